The van der Waals surface area contributed by atoms with Crippen molar-refractivity contribution in [1.29, 1.82) is 0 Å². The highest BCUT2D eigenvalue weighted by Crippen LogP contribution is 2.21. The van der Waals surface area contributed by atoms with Gasteiger partial charge in [-0.3, -0.25) is 0 Å². The molecule has 0 aliphatic heterocycles. The summed E-state index contributed by atoms with van der Waals surface area (Å²) in [5.41, 5.74) is 1.38. The lowest BCUT2D eigenvalue weighted by molar-refractivity contribution is 0.237. The van der Waals surface area contributed by atoms with Crippen LogP contribution in [0.2, 0.25) is 0 Å². The quantitative estimate of drug-likeness (QED) is 0.706. The minimum Gasteiger partial charge on any atom is -0.310 e. The van der Waals surface area contributed by atoms with Gasteiger partial charge in [-0.1, -0.05) is 41.9 Å². The summed E-state index contributed by atoms with van der Waals surface area (Å²) in [4.78, 5) is 2.46. The van der Waals surface area contributed by atoms with Gasteiger partial charge in [-0.2, -0.15) is 0 Å². The first-order chi connectivity index (χ1) is 9.58. The molecular weight excluding hydrogens is 312 g/mol. The zero-order valence-electron chi connectivity index (χ0n) is 13.3. The van der Waals surface area contributed by atoms with Gasteiger partial charge in [-0.15, -0.1) is 0 Å². The van der Waals surface area contributed by atoms with Gasteiger partial charge in [0, 0.05) is 16.6 Å². The summed E-state index contributed by atoms with van der Waals surface area (Å²) in [6, 6.07) is 9.77. The molecule has 0 fully saturated rings. The molecule has 1 aromatic carbocycles. The molecule has 20 heavy (non-hydrogen) atoms. The molecule has 0 radical (unpaired) electrons. The predicted octanol–water partition coefficient (Wildman–Crippen LogP) is 4.61. The topological polar surface area (TPSA) is 15.3 Å². The van der Waals surface area contributed by atoms with Gasteiger partial charge in [0.25, 0.3) is 0 Å². The molecular formula is C17H29BrN2. The molecule has 1 rings (SSSR count). The summed E-state index contributed by atoms with van der Waals surface area (Å²) in [6.07, 6.45) is 3.53. The third kappa shape index (κ3) is 5.94. The lowest BCUT2D eigenvalue weighted by Crippen LogP contribution is -2.32. The molecule has 114 valence electrons. The molecule has 3 heteroatoms. The molecule has 0 saturated carbocycles. The molecule has 2 unspecified atom stereocenters. The third-order valence-corrected chi connectivity index (χ3v) is 4.50. The fraction of sp³-hybridized carbons (Fsp3) is 0.647. The Morgan fingerprint density at radius 1 is 1.30 bits per heavy atom. The number of nitrogens with one attached hydrogen (secondary N) is 1. The molecule has 0 spiro atoms. The fourth-order valence-electron chi connectivity index (χ4n) is 2.29. The Balaban J connectivity index is 2.65. The average Bonchev–Trinajstić information content (AvgIpc) is 2.46. The highest BCUT2D eigenvalue weighted by Gasteiger charge is 2.14. The van der Waals surface area contributed by atoms with E-state index in [4.69, 9.17) is 0 Å². The number of hydrogen-bond acceptors (Lipinski definition) is 2. The van der Waals surface area contributed by atoms with E-state index in [-0.39, 0.29) is 0 Å². The minimum absolute atomic E-state index is 0.443. The highest BCUT2D eigenvalue weighted by atomic mass is 79.9. The van der Waals surface area contributed by atoms with Crippen molar-refractivity contribution in [2.75, 3.05) is 20.1 Å². The monoisotopic (exact) mass is 340 g/mol. The van der Waals surface area contributed by atoms with Gasteiger partial charge in [0.1, 0.15) is 0 Å². The van der Waals surface area contributed by atoms with Crippen molar-refractivity contribution in [2.45, 2.75) is 52.1 Å². The van der Waals surface area contributed by atoms with Crippen molar-refractivity contribution >= 4 is 15.9 Å². The van der Waals surface area contributed by atoms with Crippen LogP contribution >= 0.6 is 15.9 Å². The van der Waals surface area contributed by atoms with Crippen LogP contribution in [0, 0.1) is 0 Å². The van der Waals surface area contributed by atoms with Crippen LogP contribution in [0.1, 0.15) is 51.6 Å². The summed E-state index contributed by atoms with van der Waals surface area (Å²) in [7, 11) is 2.23. The molecule has 1 N–H and O–H groups in total. The lowest BCUT2D eigenvalue weighted by Gasteiger charge is -2.27. The van der Waals surface area contributed by atoms with Crippen molar-refractivity contribution < 1.29 is 0 Å². The molecule has 0 aliphatic carbocycles. The second kappa shape index (κ2) is 9.54. The standard InChI is InChI=1S/C17H29BrN2/c1-5-11-19-17(10-12-20(4)14(3)6-2)15-8-7-9-16(18)13-15/h7-9,13-14,17,19H,5-6,10-12H2,1-4H3. The Morgan fingerprint density at radius 3 is 2.65 bits per heavy atom. The van der Waals surface area contributed by atoms with Crippen molar-refractivity contribution in [3.8, 4) is 0 Å². The van der Waals surface area contributed by atoms with E-state index in [1.54, 1.807) is 0 Å². The van der Waals surface area contributed by atoms with Crippen LogP contribution in [0.25, 0.3) is 0 Å². The van der Waals surface area contributed by atoms with E-state index >= 15 is 0 Å². The van der Waals surface area contributed by atoms with E-state index < -0.39 is 0 Å². The van der Waals surface area contributed by atoms with E-state index in [1.807, 2.05) is 0 Å². The maximum Gasteiger partial charge on any atom is 0.0332 e. The first-order valence-corrected chi connectivity index (χ1v) is 8.56. The first kappa shape index (κ1) is 17.7. The zero-order valence-corrected chi connectivity index (χ0v) is 14.9. The van der Waals surface area contributed by atoms with Gasteiger partial charge < -0.3 is 10.2 Å². The number of halogens is 1. The van der Waals surface area contributed by atoms with E-state index in [9.17, 15) is 0 Å². The molecule has 0 aromatic heterocycles. The average molecular weight is 341 g/mol. The lowest BCUT2D eigenvalue weighted by atomic mass is 10.0. The van der Waals surface area contributed by atoms with E-state index in [0.29, 0.717) is 12.1 Å². The summed E-state index contributed by atoms with van der Waals surface area (Å²) in [5, 5.41) is 3.68. The number of benzene rings is 1. The smallest absolute Gasteiger partial charge is 0.0332 e. The van der Waals surface area contributed by atoms with Gasteiger partial charge in [0.05, 0.1) is 0 Å². The van der Waals surface area contributed by atoms with E-state index in [0.717, 1.165) is 24.0 Å². The third-order valence-electron chi connectivity index (χ3n) is 4.01. The highest BCUT2D eigenvalue weighted by molar-refractivity contribution is 9.10. The first-order valence-electron chi connectivity index (χ1n) is 7.77. The van der Waals surface area contributed by atoms with Gasteiger partial charge in [0.15, 0.2) is 0 Å². The number of hydrogen-bond donors (Lipinski definition) is 1. The summed E-state index contributed by atoms with van der Waals surface area (Å²) in [6.45, 7) is 8.97. The largest absolute Gasteiger partial charge is 0.310 e. The molecule has 0 bridgehead atoms. The molecule has 0 aliphatic rings. The second-order valence-corrected chi connectivity index (χ2v) is 6.50. The van der Waals surface area contributed by atoms with Crippen LogP contribution in [0.15, 0.2) is 28.7 Å². The Hall–Kier alpha value is -0.380. The Labute approximate surface area is 133 Å². The van der Waals surface area contributed by atoms with Crippen LogP contribution in [-0.4, -0.2) is 31.1 Å². The van der Waals surface area contributed by atoms with Crippen molar-refractivity contribution in [2.24, 2.45) is 0 Å². The SMILES string of the molecule is CCCNC(CCN(C)C(C)CC)c1cccc(Br)c1. The number of nitrogens with zero attached hydrogens (tertiary/aromatic N) is 1. The Kier molecular flexibility index (Phi) is 8.43. The predicted molar refractivity (Wildman–Crippen MR) is 92.2 cm³/mol. The maximum absolute atomic E-state index is 3.68. The van der Waals surface area contributed by atoms with Crippen LogP contribution in [-0.2, 0) is 0 Å². The summed E-state index contributed by atoms with van der Waals surface area (Å²) < 4.78 is 1.16. The van der Waals surface area contributed by atoms with Crippen molar-refractivity contribution in [3.05, 3.63) is 34.3 Å². The van der Waals surface area contributed by atoms with Crippen LogP contribution in [0.3, 0.4) is 0 Å². The van der Waals surface area contributed by atoms with Crippen molar-refractivity contribution in [1.82, 2.24) is 10.2 Å². The Bertz CT molecular complexity index is 381. The van der Waals surface area contributed by atoms with E-state index in [2.05, 4.69) is 78.2 Å². The maximum atomic E-state index is 3.68. The van der Waals surface area contributed by atoms with E-state index in [1.165, 1.54) is 18.4 Å². The normalized spacial score (nSPS) is 14.5. The molecule has 2 nitrogen and oxygen atoms in total. The molecule has 0 saturated heterocycles. The fourth-order valence-corrected chi connectivity index (χ4v) is 2.71. The molecule has 0 amide bonds. The molecule has 2 atom stereocenters. The van der Waals surface area contributed by atoms with Gasteiger partial charge in [0.2, 0.25) is 0 Å². The van der Waals surface area contributed by atoms with Gasteiger partial charge >= 0.3 is 0 Å². The molecule has 0 heterocycles. The zero-order chi connectivity index (χ0) is 15.0. The van der Waals surface area contributed by atoms with Crippen molar-refractivity contribution in [3.63, 3.8) is 0 Å². The number of rotatable bonds is 9. The van der Waals surface area contributed by atoms with Crippen LogP contribution in [0.4, 0.5) is 0 Å². The molecule has 1 aromatic rings. The van der Waals surface area contributed by atoms with Crippen LogP contribution < -0.4 is 5.32 Å². The summed E-state index contributed by atoms with van der Waals surface area (Å²) in [5.74, 6) is 0. The minimum atomic E-state index is 0.443. The second-order valence-electron chi connectivity index (χ2n) is 5.59. The Morgan fingerprint density at radius 2 is 2.05 bits per heavy atom. The van der Waals surface area contributed by atoms with Gasteiger partial charge in [-0.25, -0.2) is 0 Å². The summed E-state index contributed by atoms with van der Waals surface area (Å²) >= 11 is 3.57. The van der Waals surface area contributed by atoms with Gasteiger partial charge in [-0.05, 0) is 64.0 Å². The van der Waals surface area contributed by atoms with Crippen LogP contribution in [0.5, 0.6) is 0 Å².